The second-order valence-corrected chi connectivity index (χ2v) is 5.82. The normalized spacial score (nSPS) is 33.3. The molecule has 1 saturated carbocycles. The molecule has 0 spiro atoms. The standard InChI is InChI=1S/C14H23N3O/c1-16-9-7-11(15-16)10-17-8-3-5-13(17)12-4-2-6-14(12)18/h7,9,12-14,18H,2-6,8,10H2,1H3. The quantitative estimate of drug-likeness (QED) is 0.883. The van der Waals surface area contributed by atoms with Gasteiger partial charge in [-0.25, -0.2) is 0 Å². The topological polar surface area (TPSA) is 41.3 Å². The van der Waals surface area contributed by atoms with Crippen LogP contribution in [-0.2, 0) is 13.6 Å². The Labute approximate surface area is 109 Å². The molecular weight excluding hydrogens is 226 g/mol. The second-order valence-electron chi connectivity index (χ2n) is 5.82. The van der Waals surface area contributed by atoms with E-state index in [1.807, 2.05) is 17.9 Å². The van der Waals surface area contributed by atoms with Gasteiger partial charge < -0.3 is 5.11 Å². The van der Waals surface area contributed by atoms with E-state index in [0.717, 1.165) is 25.2 Å². The molecule has 3 unspecified atom stereocenters. The summed E-state index contributed by atoms with van der Waals surface area (Å²) < 4.78 is 1.87. The Morgan fingerprint density at radius 1 is 1.33 bits per heavy atom. The molecule has 1 N–H and O–H groups in total. The minimum atomic E-state index is -0.0701. The van der Waals surface area contributed by atoms with Crippen molar-refractivity contribution in [3.63, 3.8) is 0 Å². The highest BCUT2D eigenvalue weighted by Crippen LogP contribution is 2.36. The van der Waals surface area contributed by atoms with Gasteiger partial charge in [0.25, 0.3) is 0 Å². The Balaban J connectivity index is 1.67. The molecule has 4 nitrogen and oxygen atoms in total. The lowest BCUT2D eigenvalue weighted by Crippen LogP contribution is -2.38. The maximum Gasteiger partial charge on any atom is 0.0764 e. The largest absolute Gasteiger partial charge is 0.393 e. The number of hydrogen-bond donors (Lipinski definition) is 1. The average molecular weight is 249 g/mol. The zero-order valence-corrected chi connectivity index (χ0v) is 11.1. The van der Waals surface area contributed by atoms with Crippen LogP contribution < -0.4 is 0 Å². The van der Waals surface area contributed by atoms with Crippen molar-refractivity contribution in [2.75, 3.05) is 6.54 Å². The summed E-state index contributed by atoms with van der Waals surface area (Å²) in [5.74, 6) is 0.496. The summed E-state index contributed by atoms with van der Waals surface area (Å²) in [5, 5.41) is 14.6. The first kappa shape index (κ1) is 12.2. The highest BCUT2D eigenvalue weighted by Gasteiger charge is 2.38. The molecule has 2 heterocycles. The lowest BCUT2D eigenvalue weighted by Gasteiger charge is -2.30. The van der Waals surface area contributed by atoms with E-state index in [-0.39, 0.29) is 6.10 Å². The van der Waals surface area contributed by atoms with Crippen molar-refractivity contribution >= 4 is 0 Å². The van der Waals surface area contributed by atoms with Gasteiger partial charge in [0.15, 0.2) is 0 Å². The zero-order chi connectivity index (χ0) is 12.5. The Hall–Kier alpha value is -0.870. The third kappa shape index (κ3) is 2.31. The summed E-state index contributed by atoms with van der Waals surface area (Å²) in [5.41, 5.74) is 1.15. The fourth-order valence-electron chi connectivity index (χ4n) is 3.71. The van der Waals surface area contributed by atoms with Gasteiger partial charge in [-0.2, -0.15) is 5.10 Å². The van der Waals surface area contributed by atoms with E-state index in [2.05, 4.69) is 16.1 Å². The summed E-state index contributed by atoms with van der Waals surface area (Å²) in [6.45, 7) is 2.10. The average Bonchev–Trinajstić information content (AvgIpc) is 3.02. The van der Waals surface area contributed by atoms with E-state index in [0.29, 0.717) is 12.0 Å². The zero-order valence-electron chi connectivity index (χ0n) is 11.1. The third-order valence-corrected chi connectivity index (χ3v) is 4.57. The minimum Gasteiger partial charge on any atom is -0.393 e. The third-order valence-electron chi connectivity index (χ3n) is 4.57. The van der Waals surface area contributed by atoms with Crippen molar-refractivity contribution in [2.45, 2.75) is 50.8 Å². The van der Waals surface area contributed by atoms with Gasteiger partial charge in [-0.1, -0.05) is 6.42 Å². The number of likely N-dealkylation sites (tertiary alicyclic amines) is 1. The Morgan fingerprint density at radius 3 is 2.89 bits per heavy atom. The van der Waals surface area contributed by atoms with E-state index < -0.39 is 0 Å². The second kappa shape index (κ2) is 5.02. The van der Waals surface area contributed by atoms with Crippen molar-refractivity contribution in [3.8, 4) is 0 Å². The molecule has 18 heavy (non-hydrogen) atoms. The molecule has 1 saturated heterocycles. The summed E-state index contributed by atoms with van der Waals surface area (Å²) in [4.78, 5) is 2.53. The number of aryl methyl sites for hydroxylation is 1. The highest BCUT2D eigenvalue weighted by molar-refractivity contribution is 5.01. The molecule has 100 valence electrons. The van der Waals surface area contributed by atoms with Crippen LogP contribution in [0.4, 0.5) is 0 Å². The maximum absolute atomic E-state index is 10.1. The number of rotatable bonds is 3. The summed E-state index contributed by atoms with van der Waals surface area (Å²) in [6, 6.07) is 2.67. The molecule has 3 atom stereocenters. The van der Waals surface area contributed by atoms with Gasteiger partial charge in [0.05, 0.1) is 11.8 Å². The predicted molar refractivity (Wildman–Crippen MR) is 70.0 cm³/mol. The fraction of sp³-hybridized carbons (Fsp3) is 0.786. The van der Waals surface area contributed by atoms with Gasteiger partial charge in [0.1, 0.15) is 0 Å². The Morgan fingerprint density at radius 2 is 2.22 bits per heavy atom. The Kier molecular flexibility index (Phi) is 3.39. The monoisotopic (exact) mass is 249 g/mol. The van der Waals surface area contributed by atoms with Gasteiger partial charge >= 0.3 is 0 Å². The molecule has 3 rings (SSSR count). The van der Waals surface area contributed by atoms with Crippen LogP contribution in [0.25, 0.3) is 0 Å². The maximum atomic E-state index is 10.1. The molecule has 2 aliphatic rings. The van der Waals surface area contributed by atoms with Crippen LogP contribution in [0.15, 0.2) is 12.3 Å². The van der Waals surface area contributed by atoms with Crippen molar-refractivity contribution in [3.05, 3.63) is 18.0 Å². The van der Waals surface area contributed by atoms with E-state index in [9.17, 15) is 5.11 Å². The van der Waals surface area contributed by atoms with Gasteiger partial charge in [-0.3, -0.25) is 9.58 Å². The van der Waals surface area contributed by atoms with Crippen molar-refractivity contribution < 1.29 is 5.11 Å². The molecule has 1 aromatic rings. The molecule has 1 aromatic heterocycles. The number of hydrogen-bond acceptors (Lipinski definition) is 3. The lowest BCUT2D eigenvalue weighted by atomic mass is 9.94. The SMILES string of the molecule is Cn1ccc(CN2CCCC2C2CCCC2O)n1. The van der Waals surface area contributed by atoms with Crippen LogP contribution in [0.5, 0.6) is 0 Å². The molecule has 0 bridgehead atoms. The van der Waals surface area contributed by atoms with Crippen molar-refractivity contribution in [2.24, 2.45) is 13.0 Å². The molecule has 0 radical (unpaired) electrons. The molecule has 0 amide bonds. The molecule has 4 heteroatoms. The van der Waals surface area contributed by atoms with Crippen LogP contribution in [0.2, 0.25) is 0 Å². The van der Waals surface area contributed by atoms with Crippen LogP contribution >= 0.6 is 0 Å². The number of aromatic nitrogens is 2. The molecule has 0 aromatic carbocycles. The number of aliphatic hydroxyl groups is 1. The summed E-state index contributed by atoms with van der Waals surface area (Å²) >= 11 is 0. The first-order valence-electron chi connectivity index (χ1n) is 7.14. The molecular formula is C14H23N3O. The van der Waals surface area contributed by atoms with Crippen LogP contribution in [0.3, 0.4) is 0 Å². The van der Waals surface area contributed by atoms with Gasteiger partial charge in [0.2, 0.25) is 0 Å². The fourth-order valence-corrected chi connectivity index (χ4v) is 3.71. The van der Waals surface area contributed by atoms with E-state index in [1.165, 1.54) is 25.7 Å². The Bertz CT molecular complexity index is 403. The molecule has 1 aliphatic heterocycles. The van der Waals surface area contributed by atoms with Crippen molar-refractivity contribution in [1.29, 1.82) is 0 Å². The number of nitrogens with zero attached hydrogens (tertiary/aromatic N) is 3. The first-order chi connectivity index (χ1) is 8.74. The van der Waals surface area contributed by atoms with Crippen LogP contribution in [0.1, 0.15) is 37.8 Å². The minimum absolute atomic E-state index is 0.0701. The summed E-state index contributed by atoms with van der Waals surface area (Å²) in [6.07, 6.45) is 7.84. The van der Waals surface area contributed by atoms with E-state index in [4.69, 9.17) is 0 Å². The van der Waals surface area contributed by atoms with Crippen LogP contribution in [-0.4, -0.2) is 38.5 Å². The first-order valence-corrected chi connectivity index (χ1v) is 7.14. The van der Waals surface area contributed by atoms with E-state index >= 15 is 0 Å². The highest BCUT2D eigenvalue weighted by atomic mass is 16.3. The number of aliphatic hydroxyl groups excluding tert-OH is 1. The summed E-state index contributed by atoms with van der Waals surface area (Å²) in [7, 11) is 1.96. The predicted octanol–water partition coefficient (Wildman–Crippen LogP) is 1.55. The lowest BCUT2D eigenvalue weighted by molar-refractivity contribution is 0.0713. The van der Waals surface area contributed by atoms with Gasteiger partial charge in [-0.05, 0) is 38.3 Å². The van der Waals surface area contributed by atoms with Gasteiger partial charge in [0, 0.05) is 31.7 Å². The molecule has 1 aliphatic carbocycles. The van der Waals surface area contributed by atoms with Crippen LogP contribution in [0, 0.1) is 5.92 Å². The smallest absolute Gasteiger partial charge is 0.0764 e. The van der Waals surface area contributed by atoms with E-state index in [1.54, 1.807) is 0 Å². The van der Waals surface area contributed by atoms with Crippen molar-refractivity contribution in [1.82, 2.24) is 14.7 Å². The molecule has 2 fully saturated rings. The van der Waals surface area contributed by atoms with Gasteiger partial charge in [-0.15, -0.1) is 0 Å².